The molecule has 2 heterocycles. The zero-order valence-electron chi connectivity index (χ0n) is 19.6. The monoisotopic (exact) mass is 461 g/mol. The number of aromatic nitrogens is 3. The Labute approximate surface area is 194 Å². The van der Waals surface area contributed by atoms with Gasteiger partial charge in [-0.15, -0.1) is 5.10 Å². The maximum atomic E-state index is 11.0. The summed E-state index contributed by atoms with van der Waals surface area (Å²) >= 11 is 0. The van der Waals surface area contributed by atoms with E-state index in [4.69, 9.17) is 14.7 Å². The molecule has 3 N–H and O–H groups in total. The number of carbonyl (C=O) groups excluding carboxylic acids is 1. The van der Waals surface area contributed by atoms with Gasteiger partial charge >= 0.3 is 0 Å². The van der Waals surface area contributed by atoms with Crippen molar-refractivity contribution >= 4 is 5.91 Å². The molecule has 2 aromatic rings. The van der Waals surface area contributed by atoms with Gasteiger partial charge in [0.05, 0.1) is 12.3 Å². The summed E-state index contributed by atoms with van der Waals surface area (Å²) < 4.78 is 13.6. The molecule has 0 aliphatic carbocycles. The number of carbonyl (C=O) groups is 1. The van der Waals surface area contributed by atoms with E-state index in [0.29, 0.717) is 12.2 Å². The number of rotatable bonds is 11. The molecule has 1 saturated heterocycles. The molecule has 10 heteroatoms. The summed E-state index contributed by atoms with van der Waals surface area (Å²) in [6.45, 7) is 2.74. The Morgan fingerprint density at radius 2 is 1.97 bits per heavy atom. The van der Waals surface area contributed by atoms with Crippen LogP contribution in [-0.4, -0.2) is 74.7 Å². The van der Waals surface area contributed by atoms with Crippen molar-refractivity contribution in [3.63, 3.8) is 0 Å². The fraction of sp³-hybridized carbons (Fsp3) is 0.609. The summed E-state index contributed by atoms with van der Waals surface area (Å²) in [6.07, 6.45) is 5.13. The van der Waals surface area contributed by atoms with Gasteiger partial charge in [0, 0.05) is 24.6 Å². The van der Waals surface area contributed by atoms with E-state index in [1.54, 1.807) is 5.48 Å². The number of aliphatic hydroxyl groups excluding tert-OH is 1. The van der Waals surface area contributed by atoms with Crippen molar-refractivity contribution in [3.05, 3.63) is 30.5 Å². The SMILES string of the molecule is C[C@H]1C[C@@H](N(C)C)[C@H](O)C(Oc2ccc(-c3cn(CCCCCCC(=O)NO)nn3)cc2)O1. The van der Waals surface area contributed by atoms with Gasteiger partial charge in [0.2, 0.25) is 12.2 Å². The number of ether oxygens (including phenoxy) is 2. The molecule has 1 aliphatic heterocycles. The standard InChI is InChI=1S/C23H35N5O5/c1-16-14-20(27(2)3)22(30)23(32-16)33-18-11-9-17(10-12-18)19-15-28(26-24-19)13-7-5-4-6-8-21(29)25-31/h9-12,15-16,20,22-23,30-31H,4-8,13-14H2,1-3H3,(H,25,29)/t16-,20+,22-,23?/m0/s1. The summed E-state index contributed by atoms with van der Waals surface area (Å²) in [6, 6.07) is 7.50. The molecule has 0 saturated carbocycles. The second kappa shape index (κ2) is 12.1. The molecule has 1 unspecified atom stereocenters. The molecule has 3 rings (SSSR count). The minimum atomic E-state index is -0.734. The van der Waals surface area contributed by atoms with E-state index in [1.807, 2.05) is 61.1 Å². The molecule has 10 nitrogen and oxygen atoms in total. The van der Waals surface area contributed by atoms with Crippen molar-refractivity contribution in [3.8, 4) is 17.0 Å². The third kappa shape index (κ3) is 7.23. The van der Waals surface area contributed by atoms with Crippen LogP contribution in [0.1, 0.15) is 45.4 Å². The Morgan fingerprint density at radius 1 is 1.24 bits per heavy atom. The van der Waals surface area contributed by atoms with Crippen molar-refractivity contribution < 1.29 is 24.6 Å². The molecule has 0 spiro atoms. The Kier molecular flexibility index (Phi) is 9.19. The quantitative estimate of drug-likeness (QED) is 0.265. The predicted molar refractivity (Wildman–Crippen MR) is 122 cm³/mol. The first-order valence-electron chi connectivity index (χ1n) is 11.5. The van der Waals surface area contributed by atoms with Gasteiger partial charge in [0.1, 0.15) is 17.5 Å². The molecule has 1 aromatic carbocycles. The molecule has 4 atom stereocenters. The lowest BCUT2D eigenvalue weighted by Gasteiger charge is -2.40. The van der Waals surface area contributed by atoms with Crippen molar-refractivity contribution in [1.82, 2.24) is 25.4 Å². The van der Waals surface area contributed by atoms with E-state index in [2.05, 4.69) is 10.3 Å². The number of nitrogens with zero attached hydrogens (tertiary/aromatic N) is 4. The Morgan fingerprint density at radius 3 is 2.67 bits per heavy atom. The first-order chi connectivity index (χ1) is 15.9. The Bertz CT molecular complexity index is 872. The lowest BCUT2D eigenvalue weighted by atomic mass is 9.99. The van der Waals surface area contributed by atoms with Crippen molar-refractivity contribution in [1.29, 1.82) is 0 Å². The molecule has 1 aliphatic rings. The van der Waals surface area contributed by atoms with Crippen molar-refractivity contribution in [2.24, 2.45) is 0 Å². The van der Waals surface area contributed by atoms with Crippen molar-refractivity contribution in [2.45, 2.75) is 76.5 Å². The number of aliphatic hydroxyl groups is 1. The highest BCUT2D eigenvalue weighted by Crippen LogP contribution is 2.27. The molecule has 1 amide bonds. The van der Waals surface area contributed by atoms with Crippen molar-refractivity contribution in [2.75, 3.05) is 14.1 Å². The molecular weight excluding hydrogens is 426 g/mol. The van der Waals surface area contributed by atoms with Crippen LogP contribution in [0.5, 0.6) is 5.75 Å². The van der Waals surface area contributed by atoms with Crippen LogP contribution in [0.15, 0.2) is 30.5 Å². The number of hydrogen-bond acceptors (Lipinski definition) is 8. The maximum Gasteiger partial charge on any atom is 0.243 e. The largest absolute Gasteiger partial charge is 0.462 e. The van der Waals surface area contributed by atoms with Gasteiger partial charge in [0.15, 0.2) is 0 Å². The number of hydrogen-bond donors (Lipinski definition) is 3. The minimum absolute atomic E-state index is 0.000141. The number of hydroxylamine groups is 1. The van der Waals surface area contributed by atoms with E-state index in [1.165, 1.54) is 0 Å². The van der Waals surface area contributed by atoms with E-state index in [0.717, 1.165) is 49.9 Å². The van der Waals surface area contributed by atoms with Crippen LogP contribution in [0.3, 0.4) is 0 Å². The van der Waals surface area contributed by atoms with Gasteiger partial charge < -0.3 is 19.5 Å². The minimum Gasteiger partial charge on any atom is -0.462 e. The van der Waals surface area contributed by atoms with Crippen LogP contribution in [0, 0.1) is 0 Å². The zero-order valence-corrected chi connectivity index (χ0v) is 19.6. The molecular formula is C23H35N5O5. The third-order valence-corrected chi connectivity index (χ3v) is 5.88. The Balaban J connectivity index is 1.48. The average Bonchev–Trinajstić information content (AvgIpc) is 3.27. The zero-order chi connectivity index (χ0) is 23.8. The van der Waals surface area contributed by atoms with Crippen LogP contribution in [0.4, 0.5) is 0 Å². The van der Waals surface area contributed by atoms with E-state index >= 15 is 0 Å². The molecule has 0 bridgehead atoms. The van der Waals surface area contributed by atoms with Crippen LogP contribution >= 0.6 is 0 Å². The topological polar surface area (TPSA) is 122 Å². The summed E-state index contributed by atoms with van der Waals surface area (Å²) in [5, 5.41) is 27.5. The Hall–Kier alpha value is -2.53. The second-order valence-electron chi connectivity index (χ2n) is 8.78. The third-order valence-electron chi connectivity index (χ3n) is 5.88. The van der Waals surface area contributed by atoms with E-state index in [9.17, 15) is 9.90 Å². The highest BCUT2D eigenvalue weighted by atomic mass is 16.7. The van der Waals surface area contributed by atoms with Crippen LogP contribution in [-0.2, 0) is 16.1 Å². The van der Waals surface area contributed by atoms with Gasteiger partial charge in [-0.25, -0.2) is 5.48 Å². The van der Waals surface area contributed by atoms with Crippen LogP contribution < -0.4 is 10.2 Å². The predicted octanol–water partition coefficient (Wildman–Crippen LogP) is 2.21. The lowest BCUT2D eigenvalue weighted by Crippen LogP contribution is -2.55. The van der Waals surface area contributed by atoms with Gasteiger partial charge in [0.25, 0.3) is 0 Å². The fourth-order valence-corrected chi connectivity index (χ4v) is 3.99. The number of likely N-dealkylation sites (N-methyl/N-ethyl adjacent to an activating group) is 1. The smallest absolute Gasteiger partial charge is 0.243 e. The van der Waals surface area contributed by atoms with Gasteiger partial charge in [-0.2, -0.15) is 0 Å². The average molecular weight is 462 g/mol. The second-order valence-corrected chi connectivity index (χ2v) is 8.78. The first-order valence-corrected chi connectivity index (χ1v) is 11.5. The number of unbranched alkanes of at least 4 members (excludes halogenated alkanes) is 3. The van der Waals surface area contributed by atoms with E-state index < -0.39 is 12.4 Å². The molecule has 182 valence electrons. The number of benzene rings is 1. The van der Waals surface area contributed by atoms with Gasteiger partial charge in [-0.3, -0.25) is 14.7 Å². The van der Waals surface area contributed by atoms with Gasteiger partial charge in [-0.05, 0) is 64.5 Å². The lowest BCUT2D eigenvalue weighted by molar-refractivity contribution is -0.217. The molecule has 33 heavy (non-hydrogen) atoms. The highest BCUT2D eigenvalue weighted by Gasteiger charge is 2.38. The maximum absolute atomic E-state index is 11.0. The fourth-order valence-electron chi connectivity index (χ4n) is 3.99. The number of aryl methyl sites for hydroxylation is 1. The van der Waals surface area contributed by atoms with Crippen LogP contribution in [0.25, 0.3) is 11.3 Å². The summed E-state index contributed by atoms with van der Waals surface area (Å²) in [4.78, 5) is 13.0. The molecule has 0 radical (unpaired) electrons. The number of amides is 1. The normalized spacial score (nSPS) is 23.0. The van der Waals surface area contributed by atoms with Gasteiger partial charge in [-0.1, -0.05) is 18.1 Å². The molecule has 1 aromatic heterocycles. The first kappa shape index (κ1) is 25.1. The summed E-state index contributed by atoms with van der Waals surface area (Å²) in [5.74, 6) is 0.277. The van der Waals surface area contributed by atoms with Crippen LogP contribution in [0.2, 0.25) is 0 Å². The molecule has 1 fully saturated rings. The summed E-state index contributed by atoms with van der Waals surface area (Å²) in [7, 11) is 3.90. The van der Waals surface area contributed by atoms with E-state index in [-0.39, 0.29) is 18.1 Å². The number of nitrogens with one attached hydrogen (secondary N) is 1. The highest BCUT2D eigenvalue weighted by molar-refractivity contribution is 5.74. The summed E-state index contributed by atoms with van der Waals surface area (Å²) in [5.41, 5.74) is 3.34.